The zero-order valence-corrected chi connectivity index (χ0v) is 12.1. The summed E-state index contributed by atoms with van der Waals surface area (Å²) in [5.74, 6) is -0.319. The maximum atomic E-state index is 13.2. The molecule has 0 saturated carbocycles. The summed E-state index contributed by atoms with van der Waals surface area (Å²) < 4.78 is 14.1. The van der Waals surface area contributed by atoms with Crippen LogP contribution in [-0.4, -0.2) is 24.5 Å². The van der Waals surface area contributed by atoms with Gasteiger partial charge in [-0.1, -0.05) is 0 Å². The molecule has 106 valence electrons. The molecule has 1 aliphatic rings. The molecule has 0 radical (unpaired) electrons. The number of hydrogen-bond acceptors (Lipinski definition) is 3. The third-order valence-corrected chi connectivity index (χ3v) is 4.78. The van der Waals surface area contributed by atoms with E-state index in [1.165, 1.54) is 23.5 Å². The third-order valence-electron chi connectivity index (χ3n) is 3.66. The normalized spacial score (nSPS) is 22.9. The maximum absolute atomic E-state index is 13.2. The zero-order valence-electron chi connectivity index (χ0n) is 11.3. The molecule has 1 saturated heterocycles. The van der Waals surface area contributed by atoms with Crippen molar-refractivity contribution in [3.05, 3.63) is 35.0 Å². The van der Waals surface area contributed by atoms with Crippen LogP contribution in [0, 0.1) is 5.82 Å². The number of carbonyl (C=O) groups excluding carboxylic acids is 1. The van der Waals surface area contributed by atoms with E-state index >= 15 is 0 Å². The van der Waals surface area contributed by atoms with Gasteiger partial charge in [0.2, 0.25) is 0 Å². The summed E-state index contributed by atoms with van der Waals surface area (Å²) in [5.41, 5.74) is 0. The fourth-order valence-corrected chi connectivity index (χ4v) is 3.59. The van der Waals surface area contributed by atoms with Gasteiger partial charge in [0.25, 0.3) is 5.91 Å². The van der Waals surface area contributed by atoms with Crippen LogP contribution in [0.2, 0.25) is 0 Å². The topological polar surface area (TPSA) is 41.1 Å². The summed E-state index contributed by atoms with van der Waals surface area (Å²) in [6.45, 7) is 3.06. The smallest absolute Gasteiger partial charge is 0.261 e. The lowest BCUT2D eigenvalue weighted by Crippen LogP contribution is -2.46. The molecule has 5 heteroatoms. The van der Waals surface area contributed by atoms with Crippen molar-refractivity contribution in [1.82, 2.24) is 10.6 Å². The Balaban J connectivity index is 1.75. The molecule has 20 heavy (non-hydrogen) atoms. The van der Waals surface area contributed by atoms with Crippen LogP contribution in [0.1, 0.15) is 29.4 Å². The molecular formula is C15H17FN2OS. The van der Waals surface area contributed by atoms with Gasteiger partial charge in [0, 0.05) is 16.8 Å². The van der Waals surface area contributed by atoms with Crippen LogP contribution in [0.25, 0.3) is 10.1 Å². The van der Waals surface area contributed by atoms with E-state index in [0.717, 1.165) is 29.5 Å². The summed E-state index contributed by atoms with van der Waals surface area (Å²) in [6.07, 6.45) is 1.90. The predicted molar refractivity (Wildman–Crippen MR) is 79.7 cm³/mol. The van der Waals surface area contributed by atoms with E-state index in [-0.39, 0.29) is 17.8 Å². The number of piperidine rings is 1. The van der Waals surface area contributed by atoms with Crippen molar-refractivity contribution in [2.45, 2.75) is 31.8 Å². The van der Waals surface area contributed by atoms with Crippen LogP contribution < -0.4 is 10.6 Å². The van der Waals surface area contributed by atoms with E-state index in [0.29, 0.717) is 10.9 Å². The van der Waals surface area contributed by atoms with Crippen molar-refractivity contribution in [3.63, 3.8) is 0 Å². The molecule has 3 rings (SSSR count). The van der Waals surface area contributed by atoms with Gasteiger partial charge in [-0.05, 0) is 56.0 Å². The van der Waals surface area contributed by atoms with Gasteiger partial charge in [-0.15, -0.1) is 11.3 Å². The van der Waals surface area contributed by atoms with Gasteiger partial charge in [0.15, 0.2) is 0 Å². The number of hydrogen-bond donors (Lipinski definition) is 2. The minimum atomic E-state index is -0.269. The molecule has 2 atom stereocenters. The second-order valence-electron chi connectivity index (χ2n) is 5.34. The molecule has 3 nitrogen and oxygen atoms in total. The minimum Gasteiger partial charge on any atom is -0.349 e. The highest BCUT2D eigenvalue weighted by Gasteiger charge is 2.21. The van der Waals surface area contributed by atoms with Gasteiger partial charge in [-0.3, -0.25) is 4.79 Å². The Hall–Kier alpha value is -1.46. The number of rotatable bonds is 2. The number of nitrogens with one attached hydrogen (secondary N) is 2. The Kier molecular flexibility index (Phi) is 3.72. The van der Waals surface area contributed by atoms with E-state index in [1.807, 2.05) is 0 Å². The maximum Gasteiger partial charge on any atom is 0.261 e. The van der Waals surface area contributed by atoms with E-state index in [2.05, 4.69) is 17.6 Å². The molecule has 0 spiro atoms. The van der Waals surface area contributed by atoms with Crippen molar-refractivity contribution in [2.75, 3.05) is 6.54 Å². The fourth-order valence-electron chi connectivity index (χ4n) is 2.65. The molecule has 1 amide bonds. The first-order chi connectivity index (χ1) is 9.61. The summed E-state index contributed by atoms with van der Waals surface area (Å²) >= 11 is 1.41. The molecule has 1 fully saturated rings. The second kappa shape index (κ2) is 5.50. The number of amides is 1. The molecule has 2 aromatic rings. The van der Waals surface area contributed by atoms with Crippen LogP contribution in [0.15, 0.2) is 24.3 Å². The van der Waals surface area contributed by atoms with E-state index in [9.17, 15) is 9.18 Å². The van der Waals surface area contributed by atoms with Crippen LogP contribution >= 0.6 is 11.3 Å². The highest BCUT2D eigenvalue weighted by atomic mass is 32.1. The van der Waals surface area contributed by atoms with Crippen LogP contribution in [0.4, 0.5) is 4.39 Å². The number of carbonyl (C=O) groups is 1. The minimum absolute atomic E-state index is 0.0503. The fraction of sp³-hybridized carbons (Fsp3) is 0.400. The lowest BCUT2D eigenvalue weighted by molar-refractivity contribution is 0.0930. The van der Waals surface area contributed by atoms with Gasteiger partial charge in [0.05, 0.1) is 4.88 Å². The van der Waals surface area contributed by atoms with Crippen LogP contribution in [-0.2, 0) is 0 Å². The van der Waals surface area contributed by atoms with Crippen LogP contribution in [0.5, 0.6) is 0 Å². The van der Waals surface area contributed by atoms with Gasteiger partial charge in [-0.2, -0.15) is 0 Å². The highest BCUT2D eigenvalue weighted by Crippen LogP contribution is 2.26. The quantitative estimate of drug-likeness (QED) is 0.893. The van der Waals surface area contributed by atoms with Crippen molar-refractivity contribution in [2.24, 2.45) is 0 Å². The molecule has 1 aromatic heterocycles. The summed E-state index contributed by atoms with van der Waals surface area (Å²) in [6, 6.07) is 7.04. The average Bonchev–Trinajstić information content (AvgIpc) is 2.81. The Morgan fingerprint density at radius 2 is 2.30 bits per heavy atom. The molecule has 1 aromatic carbocycles. The monoisotopic (exact) mass is 292 g/mol. The first kappa shape index (κ1) is 13.5. The molecule has 2 N–H and O–H groups in total. The number of halogens is 1. The first-order valence-electron chi connectivity index (χ1n) is 6.85. The van der Waals surface area contributed by atoms with E-state index in [1.54, 1.807) is 12.1 Å². The SMILES string of the molecule is CC1CC(NC(=O)c2cc3cc(F)ccc3s2)CCN1. The Morgan fingerprint density at radius 3 is 3.10 bits per heavy atom. The highest BCUT2D eigenvalue weighted by molar-refractivity contribution is 7.20. The van der Waals surface area contributed by atoms with E-state index in [4.69, 9.17) is 0 Å². The largest absolute Gasteiger partial charge is 0.349 e. The summed E-state index contributed by atoms with van der Waals surface area (Å²) in [5, 5.41) is 7.23. The Bertz CT molecular complexity index is 640. The zero-order chi connectivity index (χ0) is 14.1. The van der Waals surface area contributed by atoms with Gasteiger partial charge >= 0.3 is 0 Å². The molecule has 0 bridgehead atoms. The molecule has 1 aliphatic heterocycles. The lowest BCUT2D eigenvalue weighted by atomic mass is 10.0. The predicted octanol–water partition coefficient (Wildman–Crippen LogP) is 2.91. The lowest BCUT2D eigenvalue weighted by Gasteiger charge is -2.28. The van der Waals surface area contributed by atoms with Gasteiger partial charge < -0.3 is 10.6 Å². The number of thiophene rings is 1. The van der Waals surface area contributed by atoms with Crippen molar-refractivity contribution >= 4 is 27.3 Å². The first-order valence-corrected chi connectivity index (χ1v) is 7.67. The van der Waals surface area contributed by atoms with Crippen LogP contribution in [0.3, 0.4) is 0 Å². The number of fused-ring (bicyclic) bond motifs is 1. The van der Waals surface area contributed by atoms with Gasteiger partial charge in [-0.25, -0.2) is 4.39 Å². The second-order valence-corrected chi connectivity index (χ2v) is 6.43. The standard InChI is InChI=1S/C15H17FN2OS/c1-9-6-12(4-5-17-9)18-15(19)14-8-10-7-11(16)2-3-13(10)20-14/h2-3,7-9,12,17H,4-6H2,1H3,(H,18,19). The third kappa shape index (κ3) is 2.83. The van der Waals surface area contributed by atoms with Crippen molar-refractivity contribution in [1.29, 1.82) is 0 Å². The Morgan fingerprint density at radius 1 is 1.45 bits per heavy atom. The summed E-state index contributed by atoms with van der Waals surface area (Å²) in [7, 11) is 0. The molecular weight excluding hydrogens is 275 g/mol. The molecule has 2 heterocycles. The molecule has 0 aliphatic carbocycles. The van der Waals surface area contributed by atoms with Crippen molar-refractivity contribution < 1.29 is 9.18 Å². The Labute approximate surface area is 121 Å². The average molecular weight is 292 g/mol. The van der Waals surface area contributed by atoms with Gasteiger partial charge in [0.1, 0.15) is 5.82 Å². The van der Waals surface area contributed by atoms with Crippen molar-refractivity contribution in [3.8, 4) is 0 Å². The number of benzene rings is 1. The van der Waals surface area contributed by atoms with E-state index < -0.39 is 0 Å². The molecule has 2 unspecified atom stereocenters. The summed E-state index contributed by atoms with van der Waals surface area (Å²) in [4.78, 5) is 12.9.